The average molecular weight is 413 g/mol. The first kappa shape index (κ1) is 20.4. The van der Waals surface area contributed by atoms with E-state index >= 15 is 0 Å². The summed E-state index contributed by atoms with van der Waals surface area (Å²) in [6, 6.07) is 11.6. The Balaban J connectivity index is 1.77. The molecule has 1 aliphatic heterocycles. The first-order valence-corrected chi connectivity index (χ1v) is 9.43. The third-order valence-electron chi connectivity index (χ3n) is 4.20. The third kappa shape index (κ3) is 4.57. The average Bonchev–Trinajstić information content (AvgIpc) is 3.00. The van der Waals surface area contributed by atoms with Crippen LogP contribution in [0.25, 0.3) is 6.08 Å². The Hall–Kier alpha value is -3.33. The van der Waals surface area contributed by atoms with Gasteiger partial charge in [-0.2, -0.15) is 0 Å². The number of amidine groups is 1. The number of benzene rings is 2. The molecule has 1 fully saturated rings. The van der Waals surface area contributed by atoms with Crippen molar-refractivity contribution in [2.24, 2.45) is 4.99 Å². The van der Waals surface area contributed by atoms with Gasteiger partial charge in [0.05, 0.1) is 16.9 Å². The van der Waals surface area contributed by atoms with Crippen LogP contribution in [0.15, 0.2) is 52.4 Å². The number of non-ortho nitro benzene ring substituents is 1. The number of nitro groups is 1. The van der Waals surface area contributed by atoms with E-state index in [2.05, 4.69) is 4.99 Å². The van der Waals surface area contributed by atoms with E-state index in [-0.39, 0.29) is 18.2 Å². The van der Waals surface area contributed by atoms with Crippen LogP contribution in [0.1, 0.15) is 11.1 Å². The Morgan fingerprint density at radius 1 is 1.24 bits per heavy atom. The molecule has 0 radical (unpaired) electrons. The van der Waals surface area contributed by atoms with Crippen LogP contribution < -0.4 is 9.47 Å². The van der Waals surface area contributed by atoms with E-state index in [4.69, 9.17) is 9.47 Å². The number of carbonyl (C=O) groups excluding carboxylic acids is 1. The van der Waals surface area contributed by atoms with Crippen molar-refractivity contribution in [2.45, 2.75) is 6.61 Å². The molecule has 29 heavy (non-hydrogen) atoms. The molecule has 0 aliphatic carbocycles. The number of ether oxygens (including phenoxy) is 2. The van der Waals surface area contributed by atoms with Crippen molar-refractivity contribution in [3.05, 3.63) is 68.6 Å². The number of aliphatic imine (C=N–C) groups is 1. The minimum atomic E-state index is -0.444. The van der Waals surface area contributed by atoms with Crippen molar-refractivity contribution in [3.63, 3.8) is 0 Å². The Kier molecular flexibility index (Phi) is 6.18. The quantitative estimate of drug-likeness (QED) is 0.407. The number of carbonyl (C=O) groups is 1. The van der Waals surface area contributed by atoms with Crippen molar-refractivity contribution in [3.8, 4) is 11.5 Å². The molecule has 2 aromatic carbocycles. The van der Waals surface area contributed by atoms with Gasteiger partial charge in [-0.05, 0) is 41.1 Å². The lowest BCUT2D eigenvalue weighted by Gasteiger charge is -2.11. The van der Waals surface area contributed by atoms with Gasteiger partial charge >= 0.3 is 0 Å². The number of thioether (sulfide) groups is 1. The van der Waals surface area contributed by atoms with Crippen molar-refractivity contribution in [1.82, 2.24) is 4.90 Å². The van der Waals surface area contributed by atoms with Gasteiger partial charge < -0.3 is 9.47 Å². The molecule has 9 heteroatoms. The van der Waals surface area contributed by atoms with Crippen molar-refractivity contribution >= 4 is 34.6 Å². The van der Waals surface area contributed by atoms with Crippen LogP contribution in [-0.4, -0.2) is 42.1 Å². The molecule has 1 aliphatic rings. The van der Waals surface area contributed by atoms with Gasteiger partial charge in [0.15, 0.2) is 16.7 Å². The van der Waals surface area contributed by atoms with Crippen LogP contribution in [0.5, 0.6) is 11.5 Å². The zero-order valence-corrected chi connectivity index (χ0v) is 16.9. The summed E-state index contributed by atoms with van der Waals surface area (Å²) in [7, 11) is 4.85. The van der Waals surface area contributed by atoms with E-state index in [0.29, 0.717) is 27.1 Å². The number of likely N-dealkylation sites (N-methyl/N-ethyl adjacent to an activating group) is 1. The fraction of sp³-hybridized carbons (Fsp3) is 0.200. The molecule has 0 bridgehead atoms. The number of nitro benzene ring substituents is 1. The van der Waals surface area contributed by atoms with E-state index < -0.39 is 4.92 Å². The topological polar surface area (TPSA) is 94.3 Å². The molecule has 8 nitrogen and oxygen atoms in total. The molecular formula is C20H19N3O5S. The monoisotopic (exact) mass is 413 g/mol. The van der Waals surface area contributed by atoms with Crippen LogP contribution in [0.2, 0.25) is 0 Å². The number of rotatable bonds is 6. The smallest absolute Gasteiger partial charge is 0.269 e. The Morgan fingerprint density at radius 3 is 2.69 bits per heavy atom. The van der Waals surface area contributed by atoms with Gasteiger partial charge in [0.25, 0.3) is 11.6 Å². The summed E-state index contributed by atoms with van der Waals surface area (Å²) in [5.41, 5.74) is 1.47. The number of hydrogen-bond donors (Lipinski definition) is 0. The summed E-state index contributed by atoms with van der Waals surface area (Å²) in [6.45, 7) is 0.161. The molecule has 1 amide bonds. The molecule has 3 rings (SSSR count). The van der Waals surface area contributed by atoms with Crippen molar-refractivity contribution in [2.75, 3.05) is 21.2 Å². The second-order valence-electron chi connectivity index (χ2n) is 6.11. The summed E-state index contributed by atoms with van der Waals surface area (Å²) in [5, 5.41) is 11.5. The highest BCUT2D eigenvalue weighted by molar-refractivity contribution is 8.18. The summed E-state index contributed by atoms with van der Waals surface area (Å²) >= 11 is 1.31. The maximum atomic E-state index is 12.3. The van der Waals surface area contributed by atoms with Crippen LogP contribution >= 0.6 is 11.8 Å². The fourth-order valence-electron chi connectivity index (χ4n) is 2.71. The SMILES string of the molecule is CN=C1S/C(=C/c2ccc(OCc3cccc([N+](=O)[O-])c3)c(OC)c2)C(=O)N1C. The van der Waals surface area contributed by atoms with Crippen molar-refractivity contribution < 1.29 is 19.2 Å². The highest BCUT2D eigenvalue weighted by Crippen LogP contribution is 2.34. The van der Waals surface area contributed by atoms with E-state index in [9.17, 15) is 14.9 Å². The van der Waals surface area contributed by atoms with Gasteiger partial charge in [0.1, 0.15) is 6.61 Å². The maximum absolute atomic E-state index is 12.3. The molecule has 0 N–H and O–H groups in total. The highest BCUT2D eigenvalue weighted by Gasteiger charge is 2.29. The van der Waals surface area contributed by atoms with Crippen LogP contribution in [0.3, 0.4) is 0 Å². The second kappa shape index (κ2) is 8.78. The molecule has 0 spiro atoms. The molecule has 0 unspecified atom stereocenters. The van der Waals surface area contributed by atoms with Crippen molar-refractivity contribution in [1.29, 1.82) is 0 Å². The van der Waals surface area contributed by atoms with Gasteiger partial charge in [-0.25, -0.2) is 0 Å². The molecule has 2 aromatic rings. The minimum Gasteiger partial charge on any atom is -0.493 e. The fourth-order valence-corrected chi connectivity index (χ4v) is 3.64. The van der Waals surface area contributed by atoms with E-state index in [1.807, 2.05) is 6.07 Å². The van der Waals surface area contributed by atoms with Gasteiger partial charge in [-0.1, -0.05) is 18.2 Å². The number of nitrogens with zero attached hydrogens (tertiary/aromatic N) is 3. The predicted molar refractivity (Wildman–Crippen MR) is 112 cm³/mol. The molecule has 1 saturated heterocycles. The lowest BCUT2D eigenvalue weighted by Crippen LogP contribution is -2.23. The van der Waals surface area contributed by atoms with Gasteiger partial charge in [0.2, 0.25) is 0 Å². The highest BCUT2D eigenvalue weighted by atomic mass is 32.2. The van der Waals surface area contributed by atoms with Gasteiger partial charge in [-0.15, -0.1) is 0 Å². The minimum absolute atomic E-state index is 0.0127. The predicted octanol–water partition coefficient (Wildman–Crippen LogP) is 3.71. The molecule has 0 aromatic heterocycles. The number of amides is 1. The molecule has 150 valence electrons. The lowest BCUT2D eigenvalue weighted by atomic mass is 10.1. The van der Waals surface area contributed by atoms with Crippen LogP contribution in [0, 0.1) is 10.1 Å². The van der Waals surface area contributed by atoms with Crippen LogP contribution in [-0.2, 0) is 11.4 Å². The normalized spacial score (nSPS) is 16.5. The Bertz CT molecular complexity index is 1020. The molecular weight excluding hydrogens is 394 g/mol. The summed E-state index contributed by atoms with van der Waals surface area (Å²) in [6.07, 6.45) is 1.77. The van der Waals surface area contributed by atoms with E-state index in [0.717, 1.165) is 5.56 Å². The second-order valence-corrected chi connectivity index (χ2v) is 7.12. The third-order valence-corrected chi connectivity index (χ3v) is 5.35. The summed E-state index contributed by atoms with van der Waals surface area (Å²) < 4.78 is 11.2. The Labute approximate surface area is 172 Å². The van der Waals surface area contributed by atoms with Gasteiger partial charge in [-0.3, -0.25) is 24.8 Å². The number of hydrogen-bond acceptors (Lipinski definition) is 7. The van der Waals surface area contributed by atoms with E-state index in [1.165, 1.54) is 35.9 Å². The largest absolute Gasteiger partial charge is 0.493 e. The maximum Gasteiger partial charge on any atom is 0.269 e. The molecule has 1 heterocycles. The Morgan fingerprint density at radius 2 is 2.03 bits per heavy atom. The van der Waals surface area contributed by atoms with Gasteiger partial charge in [0, 0.05) is 26.2 Å². The summed E-state index contributed by atoms with van der Waals surface area (Å²) in [5.74, 6) is 0.887. The zero-order valence-electron chi connectivity index (χ0n) is 16.1. The molecule has 0 saturated carbocycles. The first-order chi connectivity index (χ1) is 13.9. The zero-order chi connectivity index (χ0) is 21.0. The summed E-state index contributed by atoms with van der Waals surface area (Å²) in [4.78, 5) is 28.9. The standard InChI is InChI=1S/C20H19N3O5S/c1-21-20-22(2)19(24)18(29-20)11-13-7-8-16(17(10-13)27-3)28-12-14-5-4-6-15(9-14)23(25)26/h4-11H,12H2,1-3H3/b18-11+,21-20?. The van der Waals surface area contributed by atoms with Crippen LogP contribution in [0.4, 0.5) is 5.69 Å². The molecule has 0 atom stereocenters. The first-order valence-electron chi connectivity index (χ1n) is 8.61. The lowest BCUT2D eigenvalue weighted by molar-refractivity contribution is -0.384. The number of methoxy groups -OCH3 is 1. The van der Waals surface area contributed by atoms with E-state index in [1.54, 1.807) is 44.4 Å².